The second-order valence-corrected chi connectivity index (χ2v) is 5.45. The molecule has 0 fully saturated rings. The zero-order valence-corrected chi connectivity index (χ0v) is 13.5. The van der Waals surface area contributed by atoms with Gasteiger partial charge in [0.15, 0.2) is 6.61 Å². The topological polar surface area (TPSA) is 52.6 Å². The van der Waals surface area contributed by atoms with Gasteiger partial charge in [-0.3, -0.25) is 4.79 Å². The first-order valence-electron chi connectivity index (χ1n) is 6.20. The predicted molar refractivity (Wildman–Crippen MR) is 86.8 cm³/mol. The van der Waals surface area contributed by atoms with E-state index in [0.717, 1.165) is 3.57 Å². The van der Waals surface area contributed by atoms with E-state index in [1.54, 1.807) is 48.5 Å². The SMILES string of the molecule is COc1ccccc1C(=O)COC(=O)c1ccc(I)cc1. The Balaban J connectivity index is 2.01. The van der Waals surface area contributed by atoms with Crippen LogP contribution in [0.25, 0.3) is 0 Å². The molecule has 0 radical (unpaired) electrons. The average molecular weight is 396 g/mol. The summed E-state index contributed by atoms with van der Waals surface area (Å²) < 4.78 is 11.2. The van der Waals surface area contributed by atoms with Gasteiger partial charge in [0.25, 0.3) is 0 Å². The molecule has 0 aliphatic heterocycles. The van der Waals surface area contributed by atoms with E-state index < -0.39 is 5.97 Å². The van der Waals surface area contributed by atoms with Crippen LogP contribution >= 0.6 is 22.6 Å². The van der Waals surface area contributed by atoms with Crippen molar-refractivity contribution >= 4 is 34.3 Å². The fraction of sp³-hybridized carbons (Fsp3) is 0.125. The van der Waals surface area contributed by atoms with Gasteiger partial charge in [0, 0.05) is 3.57 Å². The summed E-state index contributed by atoms with van der Waals surface area (Å²) in [6, 6.07) is 13.8. The van der Waals surface area contributed by atoms with E-state index in [-0.39, 0.29) is 12.4 Å². The first-order chi connectivity index (χ1) is 10.1. The van der Waals surface area contributed by atoms with Gasteiger partial charge in [-0.25, -0.2) is 4.79 Å². The molecule has 0 saturated carbocycles. The van der Waals surface area contributed by atoms with E-state index >= 15 is 0 Å². The van der Waals surface area contributed by atoms with Crippen LogP contribution in [0.5, 0.6) is 5.75 Å². The number of carbonyl (C=O) groups excluding carboxylic acids is 2. The summed E-state index contributed by atoms with van der Waals surface area (Å²) in [4.78, 5) is 23.9. The molecule has 5 heteroatoms. The van der Waals surface area contributed by atoms with E-state index in [1.807, 2.05) is 0 Å². The third-order valence-corrected chi connectivity index (χ3v) is 3.54. The van der Waals surface area contributed by atoms with Crippen LogP contribution in [0.15, 0.2) is 48.5 Å². The number of carbonyl (C=O) groups is 2. The largest absolute Gasteiger partial charge is 0.496 e. The Morgan fingerprint density at radius 1 is 1.05 bits per heavy atom. The number of halogens is 1. The molecular weight excluding hydrogens is 383 g/mol. The highest BCUT2D eigenvalue weighted by atomic mass is 127. The third-order valence-electron chi connectivity index (χ3n) is 2.82. The van der Waals surface area contributed by atoms with Crippen LogP contribution in [0.2, 0.25) is 0 Å². The average Bonchev–Trinajstić information content (AvgIpc) is 2.52. The van der Waals surface area contributed by atoms with Crippen molar-refractivity contribution in [3.8, 4) is 5.75 Å². The minimum absolute atomic E-state index is 0.300. The molecule has 108 valence electrons. The highest BCUT2D eigenvalue weighted by Gasteiger charge is 2.14. The van der Waals surface area contributed by atoms with Gasteiger partial charge < -0.3 is 9.47 Å². The quantitative estimate of drug-likeness (QED) is 0.442. The van der Waals surface area contributed by atoms with Gasteiger partial charge in [-0.2, -0.15) is 0 Å². The number of rotatable bonds is 5. The molecule has 0 aliphatic carbocycles. The maximum atomic E-state index is 12.1. The lowest BCUT2D eigenvalue weighted by Gasteiger charge is -2.08. The maximum Gasteiger partial charge on any atom is 0.338 e. The molecule has 0 amide bonds. The van der Waals surface area contributed by atoms with Crippen LogP contribution in [-0.2, 0) is 4.74 Å². The van der Waals surface area contributed by atoms with Crippen LogP contribution < -0.4 is 4.74 Å². The number of hydrogen-bond donors (Lipinski definition) is 0. The molecule has 2 aromatic rings. The van der Waals surface area contributed by atoms with Gasteiger partial charge in [-0.1, -0.05) is 12.1 Å². The fourth-order valence-electron chi connectivity index (χ4n) is 1.75. The zero-order valence-electron chi connectivity index (χ0n) is 11.3. The van der Waals surface area contributed by atoms with E-state index in [2.05, 4.69) is 22.6 Å². The van der Waals surface area contributed by atoms with Crippen molar-refractivity contribution in [3.05, 3.63) is 63.2 Å². The van der Waals surface area contributed by atoms with Crippen molar-refractivity contribution in [1.29, 1.82) is 0 Å². The molecule has 2 rings (SSSR count). The van der Waals surface area contributed by atoms with Crippen LogP contribution in [0.3, 0.4) is 0 Å². The highest BCUT2D eigenvalue weighted by Crippen LogP contribution is 2.18. The predicted octanol–water partition coefficient (Wildman–Crippen LogP) is 3.34. The first-order valence-corrected chi connectivity index (χ1v) is 7.28. The number of methoxy groups -OCH3 is 1. The molecular formula is C16H13IO4. The smallest absolute Gasteiger partial charge is 0.338 e. The number of ketones is 1. The molecule has 0 bridgehead atoms. The molecule has 0 heterocycles. The third kappa shape index (κ3) is 4.04. The van der Waals surface area contributed by atoms with Crippen molar-refractivity contribution in [2.75, 3.05) is 13.7 Å². The zero-order chi connectivity index (χ0) is 15.2. The molecule has 0 unspecified atom stereocenters. The highest BCUT2D eigenvalue weighted by molar-refractivity contribution is 14.1. The van der Waals surface area contributed by atoms with Gasteiger partial charge in [0.2, 0.25) is 5.78 Å². The lowest BCUT2D eigenvalue weighted by Crippen LogP contribution is -2.15. The Kier molecular flexibility index (Phi) is 5.32. The minimum atomic E-state index is -0.519. The number of benzene rings is 2. The first kappa shape index (κ1) is 15.5. The van der Waals surface area contributed by atoms with Crippen LogP contribution in [0.4, 0.5) is 0 Å². The summed E-state index contributed by atoms with van der Waals surface area (Å²) in [7, 11) is 1.49. The molecule has 4 nitrogen and oxygen atoms in total. The Bertz CT molecular complexity index is 650. The van der Waals surface area contributed by atoms with Crippen molar-refractivity contribution < 1.29 is 19.1 Å². The van der Waals surface area contributed by atoms with Gasteiger partial charge in [-0.05, 0) is 59.0 Å². The van der Waals surface area contributed by atoms with E-state index in [4.69, 9.17) is 9.47 Å². The van der Waals surface area contributed by atoms with Crippen molar-refractivity contribution in [3.63, 3.8) is 0 Å². The van der Waals surface area contributed by atoms with Crippen LogP contribution in [-0.4, -0.2) is 25.5 Å². The van der Waals surface area contributed by atoms with Gasteiger partial charge >= 0.3 is 5.97 Å². The molecule has 0 atom stereocenters. The lowest BCUT2D eigenvalue weighted by molar-refractivity contribution is 0.0474. The summed E-state index contributed by atoms with van der Waals surface area (Å²) >= 11 is 2.15. The van der Waals surface area contributed by atoms with E-state index in [0.29, 0.717) is 16.9 Å². The summed E-state index contributed by atoms with van der Waals surface area (Å²) in [6.45, 7) is -0.314. The van der Waals surface area contributed by atoms with E-state index in [9.17, 15) is 9.59 Å². The Morgan fingerprint density at radius 2 is 1.71 bits per heavy atom. The number of esters is 1. The summed E-state index contributed by atoms with van der Waals surface area (Å²) in [6.07, 6.45) is 0. The monoisotopic (exact) mass is 396 g/mol. The molecule has 21 heavy (non-hydrogen) atoms. The fourth-order valence-corrected chi connectivity index (χ4v) is 2.11. The van der Waals surface area contributed by atoms with Gasteiger partial charge in [0.05, 0.1) is 18.2 Å². The molecule has 0 aliphatic rings. The Morgan fingerprint density at radius 3 is 2.38 bits per heavy atom. The normalized spacial score (nSPS) is 10.0. The lowest BCUT2D eigenvalue weighted by atomic mass is 10.1. The van der Waals surface area contributed by atoms with Crippen molar-refractivity contribution in [2.24, 2.45) is 0 Å². The minimum Gasteiger partial charge on any atom is -0.496 e. The second-order valence-electron chi connectivity index (χ2n) is 4.21. The molecule has 2 aromatic carbocycles. The Hall–Kier alpha value is -1.89. The van der Waals surface area contributed by atoms with Crippen molar-refractivity contribution in [2.45, 2.75) is 0 Å². The molecule has 0 spiro atoms. The number of hydrogen-bond acceptors (Lipinski definition) is 4. The maximum absolute atomic E-state index is 12.1. The number of Topliss-reactive ketones (excluding diaryl/α,β-unsaturated/α-hetero) is 1. The molecule has 0 saturated heterocycles. The molecule has 0 aromatic heterocycles. The van der Waals surface area contributed by atoms with Crippen LogP contribution in [0.1, 0.15) is 20.7 Å². The standard InChI is InChI=1S/C16H13IO4/c1-20-15-5-3-2-4-13(15)14(18)10-21-16(19)11-6-8-12(17)9-7-11/h2-9H,10H2,1H3. The van der Waals surface area contributed by atoms with Crippen LogP contribution in [0, 0.1) is 3.57 Å². The Labute approximate surface area is 136 Å². The number of para-hydroxylation sites is 1. The summed E-state index contributed by atoms with van der Waals surface area (Å²) in [5.41, 5.74) is 0.818. The van der Waals surface area contributed by atoms with E-state index in [1.165, 1.54) is 7.11 Å². The van der Waals surface area contributed by atoms with Gasteiger partial charge in [0.1, 0.15) is 5.75 Å². The van der Waals surface area contributed by atoms with Crippen molar-refractivity contribution in [1.82, 2.24) is 0 Å². The summed E-state index contributed by atoms with van der Waals surface area (Å²) in [5, 5.41) is 0. The van der Waals surface area contributed by atoms with Gasteiger partial charge in [-0.15, -0.1) is 0 Å². The molecule has 0 N–H and O–H groups in total. The number of ether oxygens (including phenoxy) is 2. The second kappa shape index (κ2) is 7.21. The summed E-state index contributed by atoms with van der Waals surface area (Å²) in [5.74, 6) is -0.353.